The van der Waals surface area contributed by atoms with Crippen molar-refractivity contribution in [3.63, 3.8) is 0 Å². The molecule has 0 fully saturated rings. The van der Waals surface area contributed by atoms with Gasteiger partial charge in [0.2, 0.25) is 11.9 Å². The van der Waals surface area contributed by atoms with Crippen molar-refractivity contribution < 1.29 is 9.53 Å². The van der Waals surface area contributed by atoms with Crippen LogP contribution in [0.25, 0.3) is 11.4 Å². The van der Waals surface area contributed by atoms with E-state index < -0.39 is 0 Å². The number of carbonyl (C=O) groups excluding carboxylic acids is 1. The first-order chi connectivity index (χ1) is 8.20. The maximum Gasteiger partial charge on any atom is 0.249 e. The quantitative estimate of drug-likeness (QED) is 0.839. The summed E-state index contributed by atoms with van der Waals surface area (Å²) in [5, 5.41) is 9.13. The van der Waals surface area contributed by atoms with E-state index in [2.05, 4.69) is 20.5 Å². The van der Waals surface area contributed by atoms with E-state index in [0.29, 0.717) is 11.6 Å². The van der Waals surface area contributed by atoms with Crippen LogP contribution in [0.2, 0.25) is 0 Å². The summed E-state index contributed by atoms with van der Waals surface area (Å²) in [7, 11) is 1.59. The third-order valence-electron chi connectivity index (χ3n) is 2.14. The summed E-state index contributed by atoms with van der Waals surface area (Å²) in [4.78, 5) is 15.0. The second-order valence-electron chi connectivity index (χ2n) is 3.39. The number of anilines is 1. The largest absolute Gasteiger partial charge is 0.496 e. The summed E-state index contributed by atoms with van der Waals surface area (Å²) in [6, 6.07) is 7.43. The number of methoxy groups -OCH3 is 1. The van der Waals surface area contributed by atoms with Crippen LogP contribution in [0, 0.1) is 0 Å². The van der Waals surface area contributed by atoms with E-state index in [9.17, 15) is 4.79 Å². The van der Waals surface area contributed by atoms with Crippen LogP contribution in [0.3, 0.4) is 0 Å². The molecule has 0 unspecified atom stereocenters. The third-order valence-corrected chi connectivity index (χ3v) is 2.14. The first-order valence-corrected chi connectivity index (χ1v) is 5.04. The smallest absolute Gasteiger partial charge is 0.249 e. The fourth-order valence-corrected chi connectivity index (χ4v) is 1.44. The van der Waals surface area contributed by atoms with Crippen LogP contribution in [-0.4, -0.2) is 28.2 Å². The number of aromatic nitrogens is 3. The summed E-state index contributed by atoms with van der Waals surface area (Å²) in [5.41, 5.74) is 0.791. The first kappa shape index (κ1) is 11.1. The summed E-state index contributed by atoms with van der Waals surface area (Å²) >= 11 is 0. The van der Waals surface area contributed by atoms with Gasteiger partial charge in [-0.2, -0.15) is 4.98 Å². The zero-order valence-corrected chi connectivity index (χ0v) is 9.52. The number of hydrogen-bond acceptors (Lipinski definition) is 4. The monoisotopic (exact) mass is 232 g/mol. The highest BCUT2D eigenvalue weighted by Gasteiger charge is 2.10. The number of H-pyrrole nitrogens is 1. The lowest BCUT2D eigenvalue weighted by Gasteiger charge is -2.04. The van der Waals surface area contributed by atoms with Crippen LogP contribution >= 0.6 is 0 Å². The second-order valence-corrected chi connectivity index (χ2v) is 3.39. The molecule has 88 valence electrons. The van der Waals surface area contributed by atoms with Crippen molar-refractivity contribution in [3.05, 3.63) is 24.3 Å². The van der Waals surface area contributed by atoms with E-state index in [-0.39, 0.29) is 11.9 Å². The Balaban J connectivity index is 2.33. The maximum atomic E-state index is 10.9. The number of amides is 1. The van der Waals surface area contributed by atoms with Gasteiger partial charge in [0.05, 0.1) is 12.7 Å². The van der Waals surface area contributed by atoms with Crippen LogP contribution in [0.15, 0.2) is 24.3 Å². The number of para-hydroxylation sites is 1. The highest BCUT2D eigenvalue weighted by Crippen LogP contribution is 2.26. The van der Waals surface area contributed by atoms with Gasteiger partial charge in [0.15, 0.2) is 5.82 Å². The Kier molecular flexibility index (Phi) is 3.04. The van der Waals surface area contributed by atoms with Crippen LogP contribution in [0.4, 0.5) is 5.95 Å². The van der Waals surface area contributed by atoms with Crippen LogP contribution in [0.1, 0.15) is 6.92 Å². The molecular formula is C11H12N4O2. The van der Waals surface area contributed by atoms with Crippen molar-refractivity contribution in [2.24, 2.45) is 0 Å². The number of nitrogens with zero attached hydrogens (tertiary/aromatic N) is 2. The summed E-state index contributed by atoms with van der Waals surface area (Å²) in [6.07, 6.45) is 0. The van der Waals surface area contributed by atoms with Crippen LogP contribution in [0.5, 0.6) is 5.75 Å². The van der Waals surface area contributed by atoms with E-state index in [1.807, 2.05) is 24.3 Å². The lowest BCUT2D eigenvalue weighted by molar-refractivity contribution is -0.114. The Labute approximate surface area is 98.0 Å². The molecule has 17 heavy (non-hydrogen) atoms. The molecule has 2 N–H and O–H groups in total. The standard InChI is InChI=1S/C11H12N4O2/c1-7(16)12-11-13-10(14-15-11)8-5-3-4-6-9(8)17-2/h3-6H,1-2H3,(H2,12,13,14,15,16). The van der Waals surface area contributed by atoms with Gasteiger partial charge in [0.25, 0.3) is 0 Å². The zero-order chi connectivity index (χ0) is 12.3. The molecule has 1 heterocycles. The molecule has 0 aliphatic rings. The minimum absolute atomic E-state index is 0.212. The number of hydrogen-bond donors (Lipinski definition) is 2. The van der Waals surface area contributed by atoms with Gasteiger partial charge in [-0.25, -0.2) is 0 Å². The topological polar surface area (TPSA) is 79.9 Å². The summed E-state index contributed by atoms with van der Waals surface area (Å²) in [6.45, 7) is 1.40. The predicted octanol–water partition coefficient (Wildman–Crippen LogP) is 1.44. The van der Waals surface area contributed by atoms with Crippen molar-refractivity contribution in [2.45, 2.75) is 6.92 Å². The van der Waals surface area contributed by atoms with E-state index >= 15 is 0 Å². The molecule has 0 saturated heterocycles. The lowest BCUT2D eigenvalue weighted by atomic mass is 10.2. The van der Waals surface area contributed by atoms with Gasteiger partial charge in [-0.1, -0.05) is 12.1 Å². The maximum absolute atomic E-state index is 10.9. The molecule has 0 bridgehead atoms. The normalized spacial score (nSPS) is 10.0. The van der Waals surface area contributed by atoms with Crippen molar-refractivity contribution in [2.75, 3.05) is 12.4 Å². The van der Waals surface area contributed by atoms with E-state index in [1.165, 1.54) is 6.92 Å². The Morgan fingerprint density at radius 3 is 2.88 bits per heavy atom. The molecule has 0 spiro atoms. The van der Waals surface area contributed by atoms with E-state index in [0.717, 1.165) is 5.56 Å². The Bertz CT molecular complexity index is 536. The molecule has 1 amide bonds. The average Bonchev–Trinajstić information content (AvgIpc) is 2.76. The SMILES string of the molecule is COc1ccccc1-c1nc(NC(C)=O)n[nH]1. The Morgan fingerprint density at radius 2 is 2.18 bits per heavy atom. The molecule has 0 aliphatic carbocycles. The van der Waals surface area contributed by atoms with Crippen LogP contribution in [-0.2, 0) is 4.79 Å². The third kappa shape index (κ3) is 2.41. The number of aromatic amines is 1. The zero-order valence-electron chi connectivity index (χ0n) is 9.52. The number of rotatable bonds is 3. The Hall–Kier alpha value is -2.37. The van der Waals surface area contributed by atoms with Gasteiger partial charge in [0, 0.05) is 6.92 Å². The summed E-state index contributed by atoms with van der Waals surface area (Å²) < 4.78 is 5.21. The molecule has 0 saturated carbocycles. The number of nitrogens with one attached hydrogen (secondary N) is 2. The van der Waals surface area contributed by atoms with Crippen molar-refractivity contribution in [1.29, 1.82) is 0 Å². The molecule has 0 radical (unpaired) electrons. The molecule has 2 aromatic rings. The van der Waals surface area contributed by atoms with E-state index in [4.69, 9.17) is 4.74 Å². The fraction of sp³-hybridized carbons (Fsp3) is 0.182. The average molecular weight is 232 g/mol. The van der Waals surface area contributed by atoms with Gasteiger partial charge >= 0.3 is 0 Å². The Morgan fingerprint density at radius 1 is 1.41 bits per heavy atom. The molecular weight excluding hydrogens is 220 g/mol. The molecule has 1 aromatic heterocycles. The number of benzene rings is 1. The van der Waals surface area contributed by atoms with Gasteiger partial charge in [-0.05, 0) is 12.1 Å². The highest BCUT2D eigenvalue weighted by atomic mass is 16.5. The van der Waals surface area contributed by atoms with Crippen LogP contribution < -0.4 is 10.1 Å². The molecule has 0 aliphatic heterocycles. The summed E-state index contributed by atoms with van der Waals surface area (Å²) in [5.74, 6) is 1.28. The molecule has 1 aromatic carbocycles. The van der Waals surface area contributed by atoms with Crippen molar-refractivity contribution >= 4 is 11.9 Å². The number of ether oxygens (including phenoxy) is 1. The number of carbonyl (C=O) groups is 1. The van der Waals surface area contributed by atoms with Crippen molar-refractivity contribution in [1.82, 2.24) is 15.2 Å². The molecule has 0 atom stereocenters. The fourth-order valence-electron chi connectivity index (χ4n) is 1.44. The first-order valence-electron chi connectivity index (χ1n) is 5.04. The predicted molar refractivity (Wildman–Crippen MR) is 62.7 cm³/mol. The van der Waals surface area contributed by atoms with Gasteiger partial charge in [0.1, 0.15) is 5.75 Å². The van der Waals surface area contributed by atoms with Gasteiger partial charge < -0.3 is 4.74 Å². The molecule has 6 heteroatoms. The minimum Gasteiger partial charge on any atom is -0.496 e. The van der Waals surface area contributed by atoms with Gasteiger partial charge in [-0.3, -0.25) is 15.2 Å². The van der Waals surface area contributed by atoms with E-state index in [1.54, 1.807) is 7.11 Å². The van der Waals surface area contributed by atoms with Gasteiger partial charge in [-0.15, -0.1) is 5.10 Å². The van der Waals surface area contributed by atoms with Crippen molar-refractivity contribution in [3.8, 4) is 17.1 Å². The minimum atomic E-state index is -0.212. The molecule has 6 nitrogen and oxygen atoms in total. The highest BCUT2D eigenvalue weighted by molar-refractivity contribution is 5.86. The molecule has 2 rings (SSSR count). The second kappa shape index (κ2) is 4.65. The lowest BCUT2D eigenvalue weighted by Crippen LogP contribution is -2.06.